The van der Waals surface area contributed by atoms with E-state index >= 15 is 0 Å². The fourth-order valence-corrected chi connectivity index (χ4v) is 1.96. The van der Waals surface area contributed by atoms with Crippen molar-refractivity contribution in [3.63, 3.8) is 0 Å². The van der Waals surface area contributed by atoms with Crippen LogP contribution in [-0.2, 0) is 0 Å². The van der Waals surface area contributed by atoms with Crippen LogP contribution in [0.2, 0.25) is 0 Å². The second-order valence-corrected chi connectivity index (χ2v) is 4.34. The Morgan fingerprint density at radius 1 is 1.40 bits per heavy atom. The van der Waals surface area contributed by atoms with Crippen molar-refractivity contribution in [3.05, 3.63) is 0 Å². The molecular weight excluding hydrogens is 205 g/mol. The molecule has 1 fully saturated rings. The van der Waals surface area contributed by atoms with Crippen molar-refractivity contribution in [1.82, 2.24) is 10.2 Å². The Bertz CT molecular complexity index is 192. The van der Waals surface area contributed by atoms with Gasteiger partial charge in [-0.1, -0.05) is 13.8 Å². The van der Waals surface area contributed by atoms with Gasteiger partial charge in [0.05, 0.1) is 0 Å². The van der Waals surface area contributed by atoms with Crippen LogP contribution < -0.4 is 5.32 Å². The molecule has 1 aliphatic rings. The quantitative estimate of drug-likeness (QED) is 0.786. The minimum atomic E-state index is -4.06. The van der Waals surface area contributed by atoms with E-state index in [0.717, 1.165) is 0 Å². The van der Waals surface area contributed by atoms with Crippen molar-refractivity contribution in [2.45, 2.75) is 44.9 Å². The Balaban J connectivity index is 2.34. The molecule has 0 aromatic carbocycles. The molecule has 1 rings (SSSR count). The first-order valence-electron chi connectivity index (χ1n) is 5.45. The van der Waals surface area contributed by atoms with Crippen LogP contribution in [0.15, 0.2) is 0 Å². The van der Waals surface area contributed by atoms with Gasteiger partial charge in [0.2, 0.25) is 0 Å². The fourth-order valence-electron chi connectivity index (χ4n) is 1.96. The zero-order valence-electron chi connectivity index (χ0n) is 9.27. The van der Waals surface area contributed by atoms with E-state index in [1.807, 2.05) is 13.8 Å². The van der Waals surface area contributed by atoms with E-state index in [-0.39, 0.29) is 6.42 Å². The van der Waals surface area contributed by atoms with Crippen LogP contribution in [0.5, 0.6) is 0 Å². The van der Waals surface area contributed by atoms with Crippen LogP contribution >= 0.6 is 0 Å². The van der Waals surface area contributed by atoms with Crippen molar-refractivity contribution in [3.8, 4) is 0 Å². The fraction of sp³-hybridized carbons (Fsp3) is 1.00. The van der Waals surface area contributed by atoms with Crippen LogP contribution in [0, 0.1) is 0 Å². The summed E-state index contributed by atoms with van der Waals surface area (Å²) in [7, 11) is 0. The van der Waals surface area contributed by atoms with Gasteiger partial charge in [0.1, 0.15) is 6.04 Å². The van der Waals surface area contributed by atoms with E-state index in [9.17, 15) is 13.2 Å². The van der Waals surface area contributed by atoms with Crippen molar-refractivity contribution in [2.24, 2.45) is 0 Å². The smallest absolute Gasteiger partial charge is 0.313 e. The summed E-state index contributed by atoms with van der Waals surface area (Å²) in [6.45, 7) is 5.67. The van der Waals surface area contributed by atoms with E-state index in [4.69, 9.17) is 0 Å². The van der Waals surface area contributed by atoms with Crippen molar-refractivity contribution in [1.29, 1.82) is 0 Å². The van der Waals surface area contributed by atoms with Gasteiger partial charge in [0.25, 0.3) is 0 Å². The molecule has 1 N–H and O–H groups in total. The first-order valence-corrected chi connectivity index (χ1v) is 5.45. The third-order valence-corrected chi connectivity index (χ3v) is 2.69. The summed E-state index contributed by atoms with van der Waals surface area (Å²) in [4.78, 5) is 1.54. The zero-order chi connectivity index (χ0) is 11.5. The van der Waals surface area contributed by atoms with E-state index in [2.05, 4.69) is 5.32 Å². The lowest BCUT2D eigenvalue weighted by Gasteiger charge is -2.26. The molecule has 1 atom stereocenters. The molecule has 0 unspecified atom stereocenters. The highest BCUT2D eigenvalue weighted by molar-refractivity contribution is 4.85. The minimum Gasteiger partial charge on any atom is -0.313 e. The zero-order valence-corrected chi connectivity index (χ0v) is 9.27. The van der Waals surface area contributed by atoms with Crippen LogP contribution in [-0.4, -0.2) is 42.8 Å². The van der Waals surface area contributed by atoms with Crippen LogP contribution in [0.1, 0.15) is 26.7 Å². The Morgan fingerprint density at radius 3 is 2.60 bits per heavy atom. The number of likely N-dealkylation sites (tertiary alicyclic amines) is 1. The third kappa shape index (κ3) is 3.99. The lowest BCUT2D eigenvalue weighted by molar-refractivity contribution is -0.175. The SMILES string of the molecule is CC(C)NCCN1CCC[C@H]1C(F)(F)F. The molecule has 2 nitrogen and oxygen atoms in total. The first-order chi connectivity index (χ1) is 6.91. The molecule has 1 aliphatic heterocycles. The third-order valence-electron chi connectivity index (χ3n) is 2.69. The van der Waals surface area contributed by atoms with Crippen LogP contribution in [0.25, 0.3) is 0 Å². The van der Waals surface area contributed by atoms with Gasteiger partial charge in [-0.15, -0.1) is 0 Å². The molecule has 0 aromatic heterocycles. The van der Waals surface area contributed by atoms with Gasteiger partial charge in [0.15, 0.2) is 0 Å². The highest BCUT2D eigenvalue weighted by Gasteiger charge is 2.45. The van der Waals surface area contributed by atoms with Crippen molar-refractivity contribution >= 4 is 0 Å². The molecule has 15 heavy (non-hydrogen) atoms. The summed E-state index contributed by atoms with van der Waals surface area (Å²) in [5.41, 5.74) is 0. The maximum atomic E-state index is 12.5. The summed E-state index contributed by atoms with van der Waals surface area (Å²) in [6, 6.07) is -0.886. The maximum Gasteiger partial charge on any atom is 0.404 e. The normalized spacial score (nSPS) is 24.0. The number of nitrogens with one attached hydrogen (secondary N) is 1. The number of hydrogen-bond acceptors (Lipinski definition) is 2. The number of hydrogen-bond donors (Lipinski definition) is 1. The predicted octanol–water partition coefficient (Wildman–Crippen LogP) is 2.01. The van der Waals surface area contributed by atoms with Gasteiger partial charge in [-0.3, -0.25) is 4.90 Å². The monoisotopic (exact) mass is 224 g/mol. The molecule has 1 heterocycles. The molecule has 5 heteroatoms. The molecular formula is C10H19F3N2. The van der Waals surface area contributed by atoms with Gasteiger partial charge in [0, 0.05) is 19.1 Å². The standard InChI is InChI=1S/C10H19F3N2/c1-8(2)14-5-7-15-6-3-4-9(15)10(11,12)13/h8-9,14H,3-7H2,1-2H3/t9-/m0/s1. The molecule has 0 bridgehead atoms. The highest BCUT2D eigenvalue weighted by atomic mass is 19.4. The number of halogens is 3. The van der Waals surface area contributed by atoms with Gasteiger partial charge < -0.3 is 5.32 Å². The molecule has 0 radical (unpaired) electrons. The van der Waals surface area contributed by atoms with E-state index < -0.39 is 12.2 Å². The van der Waals surface area contributed by atoms with Crippen LogP contribution in [0.4, 0.5) is 13.2 Å². The Hall–Kier alpha value is -0.290. The number of nitrogens with zero attached hydrogens (tertiary/aromatic N) is 1. The second-order valence-electron chi connectivity index (χ2n) is 4.34. The summed E-state index contributed by atoms with van der Waals surface area (Å²) in [5, 5.41) is 3.14. The average molecular weight is 224 g/mol. The molecule has 0 aliphatic carbocycles. The first kappa shape index (κ1) is 12.8. The van der Waals surface area contributed by atoms with Crippen molar-refractivity contribution < 1.29 is 13.2 Å². The minimum absolute atomic E-state index is 0.255. The summed E-state index contributed by atoms with van der Waals surface area (Å²) >= 11 is 0. The predicted molar refractivity (Wildman–Crippen MR) is 53.8 cm³/mol. The molecule has 0 aromatic rings. The molecule has 0 amide bonds. The summed E-state index contributed by atoms with van der Waals surface area (Å²) in [6.07, 6.45) is -3.15. The van der Waals surface area contributed by atoms with Gasteiger partial charge in [-0.2, -0.15) is 13.2 Å². The topological polar surface area (TPSA) is 15.3 Å². The lowest BCUT2D eigenvalue weighted by atomic mass is 10.2. The van der Waals surface area contributed by atoms with Crippen molar-refractivity contribution in [2.75, 3.05) is 19.6 Å². The van der Waals surface area contributed by atoms with E-state index in [1.54, 1.807) is 0 Å². The summed E-state index contributed by atoms with van der Waals surface area (Å²) < 4.78 is 37.6. The highest BCUT2D eigenvalue weighted by Crippen LogP contribution is 2.31. The van der Waals surface area contributed by atoms with Crippen LogP contribution in [0.3, 0.4) is 0 Å². The Labute approximate surface area is 88.8 Å². The maximum absolute atomic E-state index is 12.5. The molecule has 0 spiro atoms. The van der Waals surface area contributed by atoms with E-state index in [1.165, 1.54) is 4.90 Å². The Kier molecular flexibility index (Phi) is 4.40. The van der Waals surface area contributed by atoms with E-state index in [0.29, 0.717) is 32.1 Å². The van der Waals surface area contributed by atoms with Gasteiger partial charge >= 0.3 is 6.18 Å². The Morgan fingerprint density at radius 2 is 2.07 bits per heavy atom. The number of alkyl halides is 3. The number of rotatable bonds is 4. The van der Waals surface area contributed by atoms with Gasteiger partial charge in [-0.05, 0) is 19.4 Å². The lowest BCUT2D eigenvalue weighted by Crippen LogP contribution is -2.44. The average Bonchev–Trinajstić information content (AvgIpc) is 2.50. The second kappa shape index (κ2) is 5.16. The summed E-state index contributed by atoms with van der Waals surface area (Å²) in [5.74, 6) is 0. The molecule has 90 valence electrons. The molecule has 1 saturated heterocycles. The van der Waals surface area contributed by atoms with Gasteiger partial charge in [-0.25, -0.2) is 0 Å². The largest absolute Gasteiger partial charge is 0.404 e. The molecule has 0 saturated carbocycles.